The van der Waals surface area contributed by atoms with Gasteiger partial charge in [-0.15, -0.1) is 0 Å². The minimum atomic E-state index is -2.83. The predicted octanol–water partition coefficient (Wildman–Crippen LogP) is 2.27. The van der Waals surface area contributed by atoms with Crippen molar-refractivity contribution in [1.29, 1.82) is 5.41 Å². The quantitative estimate of drug-likeness (QED) is 0.313. The minimum absolute atomic E-state index is 0.0397. The van der Waals surface area contributed by atoms with E-state index in [1.165, 1.54) is 6.08 Å². The zero-order valence-electron chi connectivity index (χ0n) is 18.4. The van der Waals surface area contributed by atoms with Crippen LogP contribution >= 0.6 is 0 Å². The highest BCUT2D eigenvalue weighted by atomic mass is 32.2. The SMILES string of the molecule is CS(=O)NCC1CCCN(c2cc(-c3cnc(/C=C\C(=N)C(F)F)[nH]3)cc(NCCO)n2)C1. The van der Waals surface area contributed by atoms with Crippen molar-refractivity contribution in [2.75, 3.05) is 49.3 Å². The molecule has 2 aromatic heterocycles. The lowest BCUT2D eigenvalue weighted by Crippen LogP contribution is -2.40. The zero-order valence-corrected chi connectivity index (χ0v) is 19.2. The van der Waals surface area contributed by atoms with Crippen LogP contribution in [0, 0.1) is 11.3 Å². The van der Waals surface area contributed by atoms with Gasteiger partial charge in [-0.3, -0.25) is 5.41 Å². The largest absolute Gasteiger partial charge is 0.395 e. The molecule has 0 bridgehead atoms. The van der Waals surface area contributed by atoms with Crippen molar-refractivity contribution >= 4 is 34.4 Å². The Morgan fingerprint density at radius 3 is 3.03 bits per heavy atom. The molecule has 5 N–H and O–H groups in total. The first-order valence-electron chi connectivity index (χ1n) is 10.6. The monoisotopic (exact) mass is 481 g/mol. The Kier molecular flexibility index (Phi) is 9.03. The summed E-state index contributed by atoms with van der Waals surface area (Å²) in [6, 6.07) is 3.75. The Labute approximate surface area is 193 Å². The summed E-state index contributed by atoms with van der Waals surface area (Å²) in [6.45, 7) is 2.58. The van der Waals surface area contributed by atoms with E-state index in [2.05, 4.69) is 24.9 Å². The lowest BCUT2D eigenvalue weighted by Gasteiger charge is -2.34. The number of nitrogens with one attached hydrogen (secondary N) is 4. The van der Waals surface area contributed by atoms with Crippen LogP contribution in [0.25, 0.3) is 17.3 Å². The molecule has 2 aromatic rings. The average molecular weight is 482 g/mol. The smallest absolute Gasteiger partial charge is 0.279 e. The van der Waals surface area contributed by atoms with E-state index in [-0.39, 0.29) is 6.61 Å². The van der Waals surface area contributed by atoms with Gasteiger partial charge in [-0.1, -0.05) is 0 Å². The van der Waals surface area contributed by atoms with Crippen molar-refractivity contribution in [3.63, 3.8) is 0 Å². The van der Waals surface area contributed by atoms with Gasteiger partial charge in [-0.25, -0.2) is 27.7 Å². The lowest BCUT2D eigenvalue weighted by atomic mass is 9.98. The number of imidazole rings is 1. The molecule has 0 saturated carbocycles. The maximum absolute atomic E-state index is 12.5. The number of anilines is 2. The molecule has 180 valence electrons. The summed E-state index contributed by atoms with van der Waals surface area (Å²) >= 11 is 0. The summed E-state index contributed by atoms with van der Waals surface area (Å²) in [5.41, 5.74) is 0.688. The molecule has 0 radical (unpaired) electrons. The first-order chi connectivity index (χ1) is 15.9. The number of piperidine rings is 1. The second-order valence-electron chi connectivity index (χ2n) is 7.78. The number of aliphatic hydroxyl groups is 1. The Morgan fingerprint density at radius 2 is 2.30 bits per heavy atom. The third kappa shape index (κ3) is 7.41. The average Bonchev–Trinajstić information content (AvgIpc) is 3.29. The number of allylic oxidation sites excluding steroid dienone is 1. The number of pyridine rings is 1. The van der Waals surface area contributed by atoms with Gasteiger partial charge >= 0.3 is 0 Å². The Bertz CT molecular complexity index is 999. The third-order valence-corrected chi connectivity index (χ3v) is 5.78. The maximum Gasteiger partial charge on any atom is 0.279 e. The van der Waals surface area contributed by atoms with E-state index in [1.807, 2.05) is 12.1 Å². The number of nitrogens with zero attached hydrogens (tertiary/aromatic N) is 3. The highest BCUT2D eigenvalue weighted by Crippen LogP contribution is 2.28. The van der Waals surface area contributed by atoms with Crippen LogP contribution in [-0.4, -0.2) is 75.4 Å². The fourth-order valence-corrected chi connectivity index (χ4v) is 4.06. The second-order valence-corrected chi connectivity index (χ2v) is 8.97. The number of hydrogen-bond acceptors (Lipinski definition) is 7. The topological polar surface area (TPSA) is 130 Å². The van der Waals surface area contributed by atoms with E-state index >= 15 is 0 Å². The standard InChI is InChI=1S/C21H29F2N7O2S/c1-33(32)27-11-14-3-2-7-30(13-14)20-10-15(9-19(29-20)25-6-8-31)17-12-26-18(28-17)5-4-16(24)21(22)23/h4-5,9-10,12,14,21,24,27,31H,2-3,6-8,11,13H2,1H3,(H,25,29)(H,26,28)/b5-4-,24-16?. The fourth-order valence-electron chi connectivity index (χ4n) is 3.59. The minimum Gasteiger partial charge on any atom is -0.395 e. The van der Waals surface area contributed by atoms with E-state index in [0.29, 0.717) is 36.3 Å². The van der Waals surface area contributed by atoms with Crippen molar-refractivity contribution < 1.29 is 18.1 Å². The van der Waals surface area contributed by atoms with Gasteiger partial charge < -0.3 is 20.3 Å². The molecule has 0 spiro atoms. The van der Waals surface area contributed by atoms with E-state index in [0.717, 1.165) is 43.4 Å². The number of aromatic amines is 1. The van der Waals surface area contributed by atoms with Crippen molar-refractivity contribution in [2.45, 2.75) is 19.3 Å². The van der Waals surface area contributed by atoms with Gasteiger partial charge in [-0.05, 0) is 43.0 Å². The lowest BCUT2D eigenvalue weighted by molar-refractivity contribution is 0.226. The van der Waals surface area contributed by atoms with Gasteiger partial charge in [0.05, 0.1) is 35.2 Å². The van der Waals surface area contributed by atoms with E-state index < -0.39 is 23.1 Å². The molecule has 1 aliphatic heterocycles. The van der Waals surface area contributed by atoms with Crippen LogP contribution in [0.2, 0.25) is 0 Å². The summed E-state index contributed by atoms with van der Waals surface area (Å²) in [5, 5.41) is 19.5. The summed E-state index contributed by atoms with van der Waals surface area (Å²) in [5.74, 6) is 2.06. The van der Waals surface area contributed by atoms with Gasteiger partial charge in [0, 0.05) is 38.0 Å². The van der Waals surface area contributed by atoms with Crippen molar-refractivity contribution in [1.82, 2.24) is 19.7 Å². The Morgan fingerprint density at radius 1 is 1.48 bits per heavy atom. The number of halogens is 2. The molecular weight excluding hydrogens is 452 g/mol. The maximum atomic E-state index is 12.5. The summed E-state index contributed by atoms with van der Waals surface area (Å²) in [6.07, 6.45) is 4.77. The molecule has 3 heterocycles. The number of alkyl halides is 2. The molecule has 1 saturated heterocycles. The molecule has 2 atom stereocenters. The summed E-state index contributed by atoms with van der Waals surface area (Å²) < 4.78 is 39.4. The molecule has 0 aliphatic carbocycles. The Hall–Kier alpha value is -2.70. The first-order valence-corrected chi connectivity index (χ1v) is 12.2. The van der Waals surface area contributed by atoms with E-state index in [1.54, 1.807) is 12.5 Å². The first kappa shape index (κ1) is 24.9. The number of aromatic nitrogens is 3. The molecule has 33 heavy (non-hydrogen) atoms. The van der Waals surface area contributed by atoms with Gasteiger partial charge in [0.25, 0.3) is 6.43 Å². The van der Waals surface area contributed by atoms with Crippen LogP contribution in [0.4, 0.5) is 20.4 Å². The van der Waals surface area contributed by atoms with Crippen molar-refractivity contribution in [3.05, 3.63) is 30.2 Å². The van der Waals surface area contributed by atoms with Gasteiger partial charge in [0.2, 0.25) is 0 Å². The fraction of sp³-hybridized carbons (Fsp3) is 0.476. The molecule has 2 unspecified atom stereocenters. The second kappa shape index (κ2) is 12.0. The molecule has 1 fully saturated rings. The van der Waals surface area contributed by atoms with Gasteiger partial charge in [0.1, 0.15) is 17.5 Å². The number of hydrogen-bond donors (Lipinski definition) is 5. The number of H-pyrrole nitrogens is 1. The molecule has 9 nitrogen and oxygen atoms in total. The highest BCUT2D eigenvalue weighted by Gasteiger charge is 2.22. The molecule has 12 heteroatoms. The summed E-state index contributed by atoms with van der Waals surface area (Å²) in [7, 11) is -1.05. The van der Waals surface area contributed by atoms with E-state index in [9.17, 15) is 18.1 Å². The number of rotatable bonds is 11. The van der Waals surface area contributed by atoms with Crippen LogP contribution in [0.15, 0.2) is 24.4 Å². The van der Waals surface area contributed by atoms with Crippen molar-refractivity contribution in [2.24, 2.45) is 5.92 Å². The van der Waals surface area contributed by atoms with E-state index in [4.69, 9.17) is 10.4 Å². The van der Waals surface area contributed by atoms with Crippen LogP contribution in [0.3, 0.4) is 0 Å². The molecule has 1 aliphatic rings. The number of aliphatic hydroxyl groups excluding tert-OH is 1. The third-order valence-electron chi connectivity index (χ3n) is 5.21. The van der Waals surface area contributed by atoms with Gasteiger partial charge in [0.15, 0.2) is 0 Å². The normalized spacial score (nSPS) is 17.6. The van der Waals surface area contributed by atoms with Crippen LogP contribution < -0.4 is 14.9 Å². The molecular formula is C21H29F2N7O2S. The Balaban J connectivity index is 1.83. The van der Waals surface area contributed by atoms with Gasteiger partial charge in [-0.2, -0.15) is 0 Å². The van der Waals surface area contributed by atoms with Crippen molar-refractivity contribution in [3.8, 4) is 11.3 Å². The van der Waals surface area contributed by atoms with Crippen LogP contribution in [0.1, 0.15) is 18.7 Å². The predicted molar refractivity (Wildman–Crippen MR) is 127 cm³/mol. The zero-order chi connectivity index (χ0) is 23.8. The highest BCUT2D eigenvalue weighted by molar-refractivity contribution is 7.82. The molecule has 0 amide bonds. The van der Waals surface area contributed by atoms with Crippen LogP contribution in [-0.2, 0) is 11.0 Å². The van der Waals surface area contributed by atoms with Crippen LogP contribution in [0.5, 0.6) is 0 Å². The summed E-state index contributed by atoms with van der Waals surface area (Å²) in [4.78, 5) is 14.2. The molecule has 0 aromatic carbocycles. The molecule has 3 rings (SSSR count).